The summed E-state index contributed by atoms with van der Waals surface area (Å²) in [6, 6.07) is 3.72. The van der Waals surface area contributed by atoms with Crippen LogP contribution in [-0.2, 0) is 16.1 Å². The summed E-state index contributed by atoms with van der Waals surface area (Å²) < 4.78 is 15.3. The number of rotatable bonds is 6. The molecule has 0 aliphatic carbocycles. The third kappa shape index (κ3) is 3.55. The molecule has 0 spiro atoms. The number of hydrogen-bond donors (Lipinski definition) is 1. The first-order valence-corrected chi connectivity index (χ1v) is 8.21. The van der Waals surface area contributed by atoms with Crippen LogP contribution >= 0.6 is 0 Å². The number of aromatic nitrogens is 2. The molecule has 2 aromatic rings. The minimum Gasteiger partial charge on any atom is -0.481 e. The minimum absolute atomic E-state index is 0.0259. The fourth-order valence-electron chi connectivity index (χ4n) is 3.47. The van der Waals surface area contributed by atoms with Gasteiger partial charge in [0, 0.05) is 31.9 Å². The Balaban J connectivity index is 1.82. The number of halogens is 1. The molecule has 1 aliphatic rings. The maximum Gasteiger partial charge on any atom is 0.309 e. The van der Waals surface area contributed by atoms with Crippen LogP contribution in [0.25, 0.3) is 0 Å². The Bertz CT molecular complexity index is 776. The summed E-state index contributed by atoms with van der Waals surface area (Å²) in [5.41, 5.74) is 1.35. The van der Waals surface area contributed by atoms with Crippen LogP contribution in [0.15, 0.2) is 36.9 Å². The quantitative estimate of drug-likeness (QED) is 0.872. The second kappa shape index (κ2) is 7.04. The van der Waals surface area contributed by atoms with E-state index in [9.17, 15) is 19.1 Å². The van der Waals surface area contributed by atoms with Gasteiger partial charge in [-0.25, -0.2) is 9.37 Å². The largest absolute Gasteiger partial charge is 0.481 e. The maximum atomic E-state index is 13.4. The number of carbonyl (C=O) groups excluding carboxylic acids is 1. The van der Waals surface area contributed by atoms with E-state index in [0.717, 1.165) is 0 Å². The number of aliphatic carboxylic acids is 1. The van der Waals surface area contributed by atoms with Crippen molar-refractivity contribution in [2.24, 2.45) is 5.92 Å². The standard InChI is InChI=1S/C18H20FN3O3/c1-12-9-13(19)3-4-14(12)17-15(18(24)25)10-16(23)22(17)7-2-6-21-8-5-20-11-21/h3-5,8-9,11,15,17H,2,6-7,10H2,1H3,(H,24,25)/t15-,17-/m0/s1. The van der Waals surface area contributed by atoms with Crippen molar-refractivity contribution in [3.8, 4) is 0 Å². The maximum absolute atomic E-state index is 13.4. The second-order valence-corrected chi connectivity index (χ2v) is 6.34. The summed E-state index contributed by atoms with van der Waals surface area (Å²) in [6.45, 7) is 2.88. The molecule has 0 unspecified atom stereocenters. The zero-order chi connectivity index (χ0) is 18.0. The van der Waals surface area contributed by atoms with Crippen molar-refractivity contribution >= 4 is 11.9 Å². The van der Waals surface area contributed by atoms with Gasteiger partial charge >= 0.3 is 5.97 Å². The summed E-state index contributed by atoms with van der Waals surface area (Å²) in [6.07, 6.45) is 5.89. The normalized spacial score (nSPS) is 20.2. The molecule has 0 radical (unpaired) electrons. The minimum atomic E-state index is -1.00. The van der Waals surface area contributed by atoms with Crippen LogP contribution in [0.2, 0.25) is 0 Å². The predicted molar refractivity (Wildman–Crippen MR) is 88.2 cm³/mol. The molecule has 1 saturated heterocycles. The van der Waals surface area contributed by atoms with E-state index in [2.05, 4.69) is 4.98 Å². The van der Waals surface area contributed by atoms with E-state index in [0.29, 0.717) is 30.6 Å². The van der Waals surface area contributed by atoms with E-state index in [1.165, 1.54) is 12.1 Å². The highest BCUT2D eigenvalue weighted by Crippen LogP contribution is 2.39. The van der Waals surface area contributed by atoms with Gasteiger partial charge in [-0.15, -0.1) is 0 Å². The van der Waals surface area contributed by atoms with E-state index in [-0.39, 0.29) is 18.1 Å². The number of likely N-dealkylation sites (tertiary alicyclic amines) is 1. The van der Waals surface area contributed by atoms with Crippen molar-refractivity contribution in [3.63, 3.8) is 0 Å². The van der Waals surface area contributed by atoms with E-state index < -0.39 is 17.9 Å². The molecular weight excluding hydrogens is 325 g/mol. The molecule has 1 amide bonds. The Morgan fingerprint density at radius 2 is 2.20 bits per heavy atom. The molecule has 2 atom stereocenters. The molecule has 2 heterocycles. The first-order valence-electron chi connectivity index (χ1n) is 8.21. The van der Waals surface area contributed by atoms with E-state index in [4.69, 9.17) is 0 Å². The topological polar surface area (TPSA) is 75.4 Å². The van der Waals surface area contributed by atoms with Gasteiger partial charge in [-0.1, -0.05) is 6.07 Å². The molecule has 132 valence electrons. The van der Waals surface area contributed by atoms with Crippen LogP contribution in [0.5, 0.6) is 0 Å². The third-order valence-corrected chi connectivity index (χ3v) is 4.67. The van der Waals surface area contributed by atoms with Gasteiger partial charge in [-0.3, -0.25) is 9.59 Å². The lowest BCUT2D eigenvalue weighted by molar-refractivity contribution is -0.142. The van der Waals surface area contributed by atoms with Crippen LogP contribution in [-0.4, -0.2) is 38.0 Å². The Hall–Kier alpha value is -2.70. The number of benzene rings is 1. The molecule has 1 N–H and O–H groups in total. The number of imidazole rings is 1. The number of aryl methyl sites for hydroxylation is 2. The van der Waals surface area contributed by atoms with E-state index in [1.54, 1.807) is 30.4 Å². The molecule has 1 aliphatic heterocycles. The zero-order valence-corrected chi connectivity index (χ0v) is 13.9. The zero-order valence-electron chi connectivity index (χ0n) is 13.9. The van der Waals surface area contributed by atoms with E-state index in [1.807, 2.05) is 10.8 Å². The lowest BCUT2D eigenvalue weighted by Gasteiger charge is -2.28. The monoisotopic (exact) mass is 345 g/mol. The molecule has 1 aromatic heterocycles. The fraction of sp³-hybridized carbons (Fsp3) is 0.389. The number of nitrogens with zero attached hydrogens (tertiary/aromatic N) is 3. The third-order valence-electron chi connectivity index (χ3n) is 4.67. The van der Waals surface area contributed by atoms with Gasteiger partial charge in [0.05, 0.1) is 18.3 Å². The average Bonchev–Trinajstić information content (AvgIpc) is 3.17. The summed E-state index contributed by atoms with van der Waals surface area (Å²) in [7, 11) is 0. The highest BCUT2D eigenvalue weighted by molar-refractivity contribution is 5.87. The highest BCUT2D eigenvalue weighted by Gasteiger charge is 2.44. The van der Waals surface area contributed by atoms with E-state index >= 15 is 0 Å². The molecule has 6 nitrogen and oxygen atoms in total. The number of carbonyl (C=O) groups is 2. The van der Waals surface area contributed by atoms with Crippen molar-refractivity contribution in [2.75, 3.05) is 6.54 Å². The Morgan fingerprint density at radius 3 is 2.84 bits per heavy atom. The van der Waals surface area contributed by atoms with Gasteiger partial charge in [-0.05, 0) is 36.6 Å². The van der Waals surface area contributed by atoms with Gasteiger partial charge in [-0.2, -0.15) is 0 Å². The Morgan fingerprint density at radius 1 is 1.40 bits per heavy atom. The molecule has 25 heavy (non-hydrogen) atoms. The molecule has 7 heteroatoms. The van der Waals surface area contributed by atoms with Crippen molar-refractivity contribution in [1.29, 1.82) is 0 Å². The summed E-state index contributed by atoms with van der Waals surface area (Å²) >= 11 is 0. The average molecular weight is 345 g/mol. The first kappa shape index (κ1) is 17.1. The number of hydrogen-bond acceptors (Lipinski definition) is 3. The lowest BCUT2D eigenvalue weighted by atomic mass is 9.91. The van der Waals surface area contributed by atoms with Crippen LogP contribution in [0.4, 0.5) is 4.39 Å². The lowest BCUT2D eigenvalue weighted by Crippen LogP contribution is -2.32. The molecule has 0 bridgehead atoms. The highest BCUT2D eigenvalue weighted by atomic mass is 19.1. The van der Waals surface area contributed by atoms with Crippen molar-refractivity contribution < 1.29 is 19.1 Å². The molecular formula is C18H20FN3O3. The number of carboxylic acid groups (broad SMARTS) is 1. The molecule has 1 aromatic carbocycles. The van der Waals surface area contributed by atoms with Crippen molar-refractivity contribution in [2.45, 2.75) is 32.4 Å². The molecule has 0 saturated carbocycles. The van der Waals surface area contributed by atoms with Crippen LogP contribution < -0.4 is 0 Å². The van der Waals surface area contributed by atoms with Crippen molar-refractivity contribution in [3.05, 3.63) is 53.9 Å². The number of carboxylic acids is 1. The Labute approximate surface area is 144 Å². The SMILES string of the molecule is Cc1cc(F)ccc1[C@H]1[C@@H](C(=O)O)CC(=O)N1CCCn1ccnc1. The first-order chi connectivity index (χ1) is 12.0. The smallest absolute Gasteiger partial charge is 0.309 e. The molecule has 3 rings (SSSR count). The summed E-state index contributed by atoms with van der Waals surface area (Å²) in [5, 5.41) is 9.54. The van der Waals surface area contributed by atoms with Gasteiger partial charge in [0.25, 0.3) is 0 Å². The second-order valence-electron chi connectivity index (χ2n) is 6.34. The number of amides is 1. The molecule has 1 fully saturated rings. The fourth-order valence-corrected chi connectivity index (χ4v) is 3.47. The predicted octanol–water partition coefficient (Wildman–Crippen LogP) is 2.40. The van der Waals surface area contributed by atoms with Crippen LogP contribution in [0.1, 0.15) is 30.0 Å². The summed E-state index contributed by atoms with van der Waals surface area (Å²) in [4.78, 5) is 29.7. The van der Waals surface area contributed by atoms with Gasteiger partial charge in [0.15, 0.2) is 0 Å². The summed E-state index contributed by atoms with van der Waals surface area (Å²) in [5.74, 6) is -2.36. The van der Waals surface area contributed by atoms with Crippen LogP contribution in [0, 0.1) is 18.7 Å². The Kier molecular flexibility index (Phi) is 4.83. The van der Waals surface area contributed by atoms with Gasteiger partial charge in [0.1, 0.15) is 5.82 Å². The van der Waals surface area contributed by atoms with Gasteiger partial charge in [0.2, 0.25) is 5.91 Å². The van der Waals surface area contributed by atoms with Crippen LogP contribution in [0.3, 0.4) is 0 Å². The van der Waals surface area contributed by atoms with Gasteiger partial charge < -0.3 is 14.6 Å². The van der Waals surface area contributed by atoms with Crippen molar-refractivity contribution in [1.82, 2.24) is 14.5 Å².